The molecular weight excluding hydrogens is 290 g/mol. The van der Waals surface area contributed by atoms with Crippen LogP contribution in [-0.4, -0.2) is 47.1 Å². The van der Waals surface area contributed by atoms with Crippen molar-refractivity contribution in [3.63, 3.8) is 0 Å². The van der Waals surface area contributed by atoms with Gasteiger partial charge in [-0.2, -0.15) is 0 Å². The van der Waals surface area contributed by atoms with Crippen molar-refractivity contribution in [2.45, 2.75) is 13.5 Å². The second kappa shape index (κ2) is 5.87. The van der Waals surface area contributed by atoms with Gasteiger partial charge in [0.2, 0.25) is 0 Å². The molecule has 0 unspecified atom stereocenters. The smallest absolute Gasteiger partial charge is 0.339 e. The van der Waals surface area contributed by atoms with Gasteiger partial charge in [-0.25, -0.2) is 9.78 Å². The van der Waals surface area contributed by atoms with E-state index in [1.165, 1.54) is 0 Å². The number of thiazole rings is 1. The van der Waals surface area contributed by atoms with E-state index in [-0.39, 0.29) is 5.56 Å². The maximum atomic E-state index is 11.0. The molecule has 6 nitrogen and oxygen atoms in total. The lowest BCUT2D eigenvalue weighted by Gasteiger charge is -2.34. The number of carboxylic acids is 1. The molecule has 0 spiro atoms. The monoisotopic (exact) mass is 307 g/mol. The van der Waals surface area contributed by atoms with E-state index >= 15 is 0 Å². The quantitative estimate of drug-likeness (QED) is 0.932. The van der Waals surface area contributed by atoms with Crippen LogP contribution in [0.25, 0.3) is 0 Å². The molecule has 7 heteroatoms. The molecule has 0 aliphatic carbocycles. The van der Waals surface area contributed by atoms with Crippen molar-refractivity contribution in [2.24, 2.45) is 0 Å². The highest BCUT2D eigenvalue weighted by Gasteiger charge is 2.21. The standard InChI is InChI=1S/C14H17N3O3S/c1-10-12(13(18)19)8-11(20-10)9-16-3-5-17(6-4-16)14-15-2-7-21-14/h2,7-8H,3-6,9H2,1H3,(H,18,19). The Morgan fingerprint density at radius 1 is 1.43 bits per heavy atom. The molecular formula is C14H17N3O3S. The molecule has 21 heavy (non-hydrogen) atoms. The highest BCUT2D eigenvalue weighted by atomic mass is 32.1. The molecule has 1 aliphatic rings. The zero-order valence-corrected chi connectivity index (χ0v) is 12.6. The van der Waals surface area contributed by atoms with Crippen molar-refractivity contribution < 1.29 is 14.3 Å². The number of furan rings is 1. The molecule has 0 radical (unpaired) electrons. The number of nitrogens with zero attached hydrogens (tertiary/aromatic N) is 3. The molecule has 1 aliphatic heterocycles. The molecule has 0 atom stereocenters. The molecule has 1 N–H and O–H groups in total. The third kappa shape index (κ3) is 3.08. The molecule has 1 saturated heterocycles. The summed E-state index contributed by atoms with van der Waals surface area (Å²) >= 11 is 1.66. The van der Waals surface area contributed by atoms with Crippen LogP contribution in [0.15, 0.2) is 22.1 Å². The van der Waals surface area contributed by atoms with E-state index in [2.05, 4.69) is 14.8 Å². The van der Waals surface area contributed by atoms with Gasteiger partial charge in [-0.3, -0.25) is 4.90 Å². The van der Waals surface area contributed by atoms with Crippen LogP contribution >= 0.6 is 11.3 Å². The van der Waals surface area contributed by atoms with Crippen molar-refractivity contribution in [1.82, 2.24) is 9.88 Å². The zero-order chi connectivity index (χ0) is 14.8. The number of carbonyl (C=O) groups is 1. The summed E-state index contributed by atoms with van der Waals surface area (Å²) in [4.78, 5) is 19.9. The van der Waals surface area contributed by atoms with E-state index < -0.39 is 5.97 Å². The van der Waals surface area contributed by atoms with Crippen LogP contribution in [0.3, 0.4) is 0 Å². The Balaban J connectivity index is 1.58. The fourth-order valence-electron chi connectivity index (χ4n) is 2.52. The number of aromatic nitrogens is 1. The van der Waals surface area contributed by atoms with Crippen LogP contribution in [0.5, 0.6) is 0 Å². The van der Waals surface area contributed by atoms with Gasteiger partial charge in [0.05, 0.1) is 6.54 Å². The lowest BCUT2D eigenvalue weighted by atomic mass is 10.2. The Bertz CT molecular complexity index is 615. The Morgan fingerprint density at radius 3 is 2.76 bits per heavy atom. The average Bonchev–Trinajstić information content (AvgIpc) is 3.09. The van der Waals surface area contributed by atoms with E-state index in [4.69, 9.17) is 9.52 Å². The second-order valence-corrected chi connectivity index (χ2v) is 5.94. The predicted molar refractivity (Wildman–Crippen MR) is 80.0 cm³/mol. The lowest BCUT2D eigenvalue weighted by Crippen LogP contribution is -2.45. The molecule has 0 saturated carbocycles. The average molecular weight is 307 g/mol. The SMILES string of the molecule is Cc1oc(CN2CCN(c3nccs3)CC2)cc1C(=O)O. The van der Waals surface area contributed by atoms with Crippen molar-refractivity contribution in [3.8, 4) is 0 Å². The highest BCUT2D eigenvalue weighted by molar-refractivity contribution is 7.13. The van der Waals surface area contributed by atoms with E-state index in [0.29, 0.717) is 18.1 Å². The fourth-order valence-corrected chi connectivity index (χ4v) is 3.22. The van der Waals surface area contributed by atoms with Crippen molar-refractivity contribution in [1.29, 1.82) is 0 Å². The van der Waals surface area contributed by atoms with Crippen LogP contribution in [0.2, 0.25) is 0 Å². The number of rotatable bonds is 4. The summed E-state index contributed by atoms with van der Waals surface area (Å²) in [6.45, 7) is 6.04. The van der Waals surface area contributed by atoms with Crippen LogP contribution in [0.1, 0.15) is 21.9 Å². The van der Waals surface area contributed by atoms with Gasteiger partial charge < -0.3 is 14.4 Å². The summed E-state index contributed by atoms with van der Waals surface area (Å²) in [5, 5.41) is 12.1. The third-order valence-corrected chi connectivity index (χ3v) is 4.47. The van der Waals surface area contributed by atoms with Gasteiger partial charge in [0, 0.05) is 37.8 Å². The van der Waals surface area contributed by atoms with E-state index in [1.807, 2.05) is 11.6 Å². The van der Waals surface area contributed by atoms with Gasteiger partial charge in [-0.05, 0) is 13.0 Å². The van der Waals surface area contributed by atoms with Crippen molar-refractivity contribution in [2.75, 3.05) is 31.1 Å². The Labute approximate surface area is 126 Å². The van der Waals surface area contributed by atoms with Gasteiger partial charge in [-0.1, -0.05) is 0 Å². The second-order valence-electron chi connectivity index (χ2n) is 5.07. The first-order valence-electron chi connectivity index (χ1n) is 6.83. The normalized spacial score (nSPS) is 16.3. The summed E-state index contributed by atoms with van der Waals surface area (Å²) in [6, 6.07) is 1.63. The number of carboxylic acid groups (broad SMARTS) is 1. The summed E-state index contributed by atoms with van der Waals surface area (Å²) in [7, 11) is 0. The van der Waals surface area contributed by atoms with Crippen molar-refractivity contribution >= 4 is 22.4 Å². The van der Waals surface area contributed by atoms with E-state index in [9.17, 15) is 4.79 Å². The summed E-state index contributed by atoms with van der Waals surface area (Å²) in [5.41, 5.74) is 0.256. The van der Waals surface area contributed by atoms with Crippen LogP contribution < -0.4 is 4.90 Å². The summed E-state index contributed by atoms with van der Waals surface area (Å²) in [5.74, 6) is 0.252. The third-order valence-electron chi connectivity index (χ3n) is 3.64. The maximum absolute atomic E-state index is 11.0. The molecule has 0 aromatic carbocycles. The molecule has 0 amide bonds. The number of aryl methyl sites for hydroxylation is 1. The summed E-state index contributed by atoms with van der Waals surface area (Å²) < 4.78 is 5.53. The molecule has 3 heterocycles. The van der Waals surface area contributed by atoms with Gasteiger partial charge in [0.15, 0.2) is 5.13 Å². The molecule has 1 fully saturated rings. The van der Waals surface area contributed by atoms with Gasteiger partial charge in [-0.15, -0.1) is 11.3 Å². The predicted octanol–water partition coefficient (Wildman–Crippen LogP) is 2.06. The zero-order valence-electron chi connectivity index (χ0n) is 11.8. The minimum Gasteiger partial charge on any atom is -0.478 e. The molecule has 112 valence electrons. The number of anilines is 1. The minimum atomic E-state index is -0.934. The lowest BCUT2D eigenvalue weighted by molar-refractivity contribution is 0.0695. The minimum absolute atomic E-state index is 0.256. The first-order valence-corrected chi connectivity index (χ1v) is 7.71. The van der Waals surface area contributed by atoms with E-state index in [0.717, 1.165) is 31.3 Å². The van der Waals surface area contributed by atoms with Crippen molar-refractivity contribution in [3.05, 3.63) is 34.7 Å². The number of hydrogen-bond acceptors (Lipinski definition) is 6. The maximum Gasteiger partial charge on any atom is 0.339 e. The fraction of sp³-hybridized carbons (Fsp3) is 0.429. The number of hydrogen-bond donors (Lipinski definition) is 1. The summed E-state index contributed by atoms with van der Waals surface area (Å²) in [6.07, 6.45) is 1.82. The first-order chi connectivity index (χ1) is 10.1. The Kier molecular flexibility index (Phi) is 3.94. The van der Waals surface area contributed by atoms with Crippen LogP contribution in [0.4, 0.5) is 5.13 Å². The largest absolute Gasteiger partial charge is 0.478 e. The number of piperazine rings is 1. The number of aromatic carboxylic acids is 1. The van der Waals surface area contributed by atoms with E-state index in [1.54, 1.807) is 24.3 Å². The van der Waals surface area contributed by atoms with Gasteiger partial charge >= 0.3 is 5.97 Å². The van der Waals surface area contributed by atoms with Gasteiger partial charge in [0.25, 0.3) is 0 Å². The van der Waals surface area contributed by atoms with Gasteiger partial charge in [0.1, 0.15) is 17.1 Å². The van der Waals surface area contributed by atoms with Crippen LogP contribution in [0, 0.1) is 6.92 Å². The molecule has 2 aromatic heterocycles. The van der Waals surface area contributed by atoms with Crippen LogP contribution in [-0.2, 0) is 6.54 Å². The molecule has 0 bridgehead atoms. The molecule has 3 rings (SSSR count). The topological polar surface area (TPSA) is 69.8 Å². The Hall–Kier alpha value is -1.86. The molecule has 2 aromatic rings. The highest BCUT2D eigenvalue weighted by Crippen LogP contribution is 2.21. The Morgan fingerprint density at radius 2 is 2.19 bits per heavy atom. The first kappa shape index (κ1) is 14.1.